The van der Waals surface area contributed by atoms with Gasteiger partial charge in [0.25, 0.3) is 0 Å². The maximum Gasteiger partial charge on any atom is 0.309 e. The lowest BCUT2D eigenvalue weighted by atomic mass is 10.2. The van der Waals surface area contributed by atoms with E-state index in [-0.39, 0.29) is 6.04 Å². The van der Waals surface area contributed by atoms with Crippen LogP contribution in [0.3, 0.4) is 0 Å². The molecule has 0 saturated carbocycles. The van der Waals surface area contributed by atoms with Gasteiger partial charge in [-0.15, -0.1) is 0 Å². The van der Waals surface area contributed by atoms with Gasteiger partial charge in [0.15, 0.2) is 0 Å². The van der Waals surface area contributed by atoms with Crippen LogP contribution in [0.2, 0.25) is 0 Å². The molecule has 1 rings (SSSR count). The van der Waals surface area contributed by atoms with Crippen molar-refractivity contribution in [1.82, 2.24) is 10.6 Å². The summed E-state index contributed by atoms with van der Waals surface area (Å²) in [6.45, 7) is 8.89. The van der Waals surface area contributed by atoms with Gasteiger partial charge in [-0.3, -0.25) is 9.59 Å². The number of carbonyl (C=O) groups is 2. The van der Waals surface area contributed by atoms with E-state index in [1.807, 2.05) is 13.8 Å². The molecule has 1 fully saturated rings. The zero-order chi connectivity index (χ0) is 13.5. The van der Waals surface area contributed by atoms with Crippen molar-refractivity contribution in [2.24, 2.45) is 0 Å². The Morgan fingerprint density at radius 3 is 2.67 bits per heavy atom. The summed E-state index contributed by atoms with van der Waals surface area (Å²) in [5, 5.41) is 5.42. The van der Waals surface area contributed by atoms with Crippen molar-refractivity contribution in [3.8, 4) is 0 Å². The van der Waals surface area contributed by atoms with Crippen molar-refractivity contribution in [2.45, 2.75) is 52.1 Å². The molecule has 5 heteroatoms. The zero-order valence-corrected chi connectivity index (χ0v) is 11.7. The van der Waals surface area contributed by atoms with Crippen LogP contribution < -0.4 is 15.5 Å². The highest BCUT2D eigenvalue weighted by Crippen LogP contribution is 1.98. The van der Waals surface area contributed by atoms with Gasteiger partial charge in [0.2, 0.25) is 0 Å². The van der Waals surface area contributed by atoms with Crippen LogP contribution in [0.25, 0.3) is 0 Å². The molecule has 1 unspecified atom stereocenters. The SMILES string of the molecule is CC[C@H](C)NC(=O)C(=O)NC[C@@H]1CCC[NH+]1CC. The molecule has 0 radical (unpaired) electrons. The summed E-state index contributed by atoms with van der Waals surface area (Å²) in [5.74, 6) is -1.02. The van der Waals surface area contributed by atoms with E-state index in [0.29, 0.717) is 12.6 Å². The van der Waals surface area contributed by atoms with Gasteiger partial charge in [-0.2, -0.15) is 0 Å². The van der Waals surface area contributed by atoms with Gasteiger partial charge in [0.05, 0.1) is 19.6 Å². The number of hydrogen-bond acceptors (Lipinski definition) is 2. The van der Waals surface area contributed by atoms with Crippen LogP contribution in [-0.2, 0) is 9.59 Å². The average Bonchev–Trinajstić information content (AvgIpc) is 2.82. The molecule has 2 amide bonds. The minimum atomic E-state index is -0.514. The fourth-order valence-corrected chi connectivity index (χ4v) is 2.38. The second-order valence-electron chi connectivity index (χ2n) is 5.09. The predicted octanol–water partition coefficient (Wildman–Crippen LogP) is -0.915. The number of likely N-dealkylation sites (tertiary alicyclic amines) is 1. The van der Waals surface area contributed by atoms with E-state index < -0.39 is 11.8 Å². The number of hydrogen-bond donors (Lipinski definition) is 3. The van der Waals surface area contributed by atoms with Gasteiger partial charge in [0.1, 0.15) is 6.04 Å². The van der Waals surface area contributed by atoms with Crippen LogP contribution >= 0.6 is 0 Å². The van der Waals surface area contributed by atoms with Crippen LogP contribution in [0.1, 0.15) is 40.0 Å². The minimum absolute atomic E-state index is 0.0486. The number of quaternary nitrogens is 1. The number of rotatable bonds is 5. The summed E-state index contributed by atoms with van der Waals surface area (Å²) in [5.41, 5.74) is 0. The summed E-state index contributed by atoms with van der Waals surface area (Å²) >= 11 is 0. The van der Waals surface area contributed by atoms with Gasteiger partial charge in [0, 0.05) is 18.9 Å². The molecule has 3 N–H and O–H groups in total. The molecular formula is C13H26N3O2+. The van der Waals surface area contributed by atoms with Crippen LogP contribution in [0.4, 0.5) is 0 Å². The Labute approximate surface area is 109 Å². The Morgan fingerprint density at radius 2 is 2.06 bits per heavy atom. The van der Waals surface area contributed by atoms with Crippen molar-refractivity contribution in [3.63, 3.8) is 0 Å². The molecule has 1 heterocycles. The van der Waals surface area contributed by atoms with Crippen molar-refractivity contribution < 1.29 is 14.5 Å². The minimum Gasteiger partial charge on any atom is -0.345 e. The third-order valence-electron chi connectivity index (χ3n) is 3.79. The third-order valence-corrected chi connectivity index (χ3v) is 3.79. The maximum atomic E-state index is 11.6. The monoisotopic (exact) mass is 256 g/mol. The van der Waals surface area contributed by atoms with Crippen molar-refractivity contribution in [1.29, 1.82) is 0 Å². The van der Waals surface area contributed by atoms with Crippen molar-refractivity contribution >= 4 is 11.8 Å². The van der Waals surface area contributed by atoms with E-state index in [1.54, 1.807) is 0 Å². The zero-order valence-electron chi connectivity index (χ0n) is 11.7. The molecule has 1 aliphatic heterocycles. The maximum absolute atomic E-state index is 11.6. The summed E-state index contributed by atoms with van der Waals surface area (Å²) < 4.78 is 0. The van der Waals surface area contributed by atoms with Gasteiger partial charge < -0.3 is 15.5 Å². The lowest BCUT2D eigenvalue weighted by Crippen LogP contribution is -3.14. The van der Waals surface area contributed by atoms with Gasteiger partial charge in [-0.05, 0) is 20.3 Å². The Hall–Kier alpha value is -1.10. The largest absolute Gasteiger partial charge is 0.345 e. The molecule has 0 aliphatic carbocycles. The van der Waals surface area contributed by atoms with E-state index in [4.69, 9.17) is 0 Å². The molecule has 0 aromatic rings. The lowest BCUT2D eigenvalue weighted by Gasteiger charge is -2.20. The van der Waals surface area contributed by atoms with E-state index in [1.165, 1.54) is 17.9 Å². The van der Waals surface area contributed by atoms with Gasteiger partial charge in [-0.1, -0.05) is 6.92 Å². The van der Waals surface area contributed by atoms with Crippen LogP contribution in [0, 0.1) is 0 Å². The molecule has 0 aromatic heterocycles. The quantitative estimate of drug-likeness (QED) is 0.557. The number of nitrogens with one attached hydrogen (secondary N) is 3. The second-order valence-corrected chi connectivity index (χ2v) is 5.09. The Bertz CT molecular complexity index is 294. The molecule has 5 nitrogen and oxygen atoms in total. The Morgan fingerprint density at radius 1 is 1.33 bits per heavy atom. The number of carbonyl (C=O) groups excluding carboxylic acids is 2. The van der Waals surface area contributed by atoms with Crippen LogP contribution in [0.15, 0.2) is 0 Å². The summed E-state index contributed by atoms with van der Waals surface area (Å²) in [6.07, 6.45) is 3.18. The van der Waals surface area contributed by atoms with E-state index in [0.717, 1.165) is 19.4 Å². The molecule has 0 bridgehead atoms. The first-order valence-electron chi connectivity index (χ1n) is 7.01. The summed E-state index contributed by atoms with van der Waals surface area (Å²) in [6, 6.07) is 0.517. The normalized spacial score (nSPS) is 24.6. The summed E-state index contributed by atoms with van der Waals surface area (Å²) in [4.78, 5) is 24.7. The van der Waals surface area contributed by atoms with Gasteiger partial charge in [-0.25, -0.2) is 0 Å². The lowest BCUT2D eigenvalue weighted by molar-refractivity contribution is -0.909. The fraction of sp³-hybridized carbons (Fsp3) is 0.846. The molecule has 104 valence electrons. The summed E-state index contributed by atoms with van der Waals surface area (Å²) in [7, 11) is 0. The highest BCUT2D eigenvalue weighted by atomic mass is 16.2. The number of amides is 2. The molecule has 18 heavy (non-hydrogen) atoms. The first-order valence-corrected chi connectivity index (χ1v) is 7.01. The first kappa shape index (κ1) is 15.0. The van der Waals surface area contributed by atoms with Gasteiger partial charge >= 0.3 is 11.8 Å². The van der Waals surface area contributed by atoms with E-state index in [9.17, 15) is 9.59 Å². The van der Waals surface area contributed by atoms with Crippen molar-refractivity contribution in [2.75, 3.05) is 19.6 Å². The standard InChI is InChI=1S/C13H25N3O2/c1-4-10(3)15-13(18)12(17)14-9-11-7-6-8-16(11)5-2/h10-11H,4-9H2,1-3H3,(H,14,17)(H,15,18)/p+1/t10-,11-/m0/s1. The smallest absolute Gasteiger partial charge is 0.309 e. The molecule has 0 spiro atoms. The highest BCUT2D eigenvalue weighted by Gasteiger charge is 2.28. The average molecular weight is 256 g/mol. The number of likely N-dealkylation sites (N-methyl/N-ethyl adjacent to an activating group) is 1. The third kappa shape index (κ3) is 4.29. The Balaban J connectivity index is 2.30. The predicted molar refractivity (Wildman–Crippen MR) is 70.3 cm³/mol. The Kier molecular flexibility index (Phi) is 6.12. The molecule has 1 saturated heterocycles. The fourth-order valence-electron chi connectivity index (χ4n) is 2.38. The van der Waals surface area contributed by atoms with Crippen LogP contribution in [0.5, 0.6) is 0 Å². The van der Waals surface area contributed by atoms with E-state index in [2.05, 4.69) is 17.6 Å². The van der Waals surface area contributed by atoms with Crippen LogP contribution in [-0.4, -0.2) is 43.5 Å². The second kappa shape index (κ2) is 7.36. The highest BCUT2D eigenvalue weighted by molar-refractivity contribution is 6.35. The first-order chi connectivity index (χ1) is 8.58. The van der Waals surface area contributed by atoms with E-state index >= 15 is 0 Å². The topological polar surface area (TPSA) is 62.6 Å². The molecular weight excluding hydrogens is 230 g/mol. The van der Waals surface area contributed by atoms with Crippen molar-refractivity contribution in [3.05, 3.63) is 0 Å². The molecule has 3 atom stereocenters. The molecule has 0 aromatic carbocycles. The molecule has 1 aliphatic rings.